The maximum absolute atomic E-state index is 12.2. The molecule has 0 saturated heterocycles. The Morgan fingerprint density at radius 2 is 1.48 bits per heavy atom. The predicted octanol–water partition coefficient (Wildman–Crippen LogP) is 4.53. The number of halogens is 3. The molecule has 0 fully saturated rings. The van der Waals surface area contributed by atoms with Gasteiger partial charge < -0.3 is 11.1 Å². The number of thiocarbonyl (C=S) groups is 1. The summed E-state index contributed by atoms with van der Waals surface area (Å²) in [6, 6.07) is 9.56. The van der Waals surface area contributed by atoms with E-state index in [2.05, 4.69) is 5.32 Å². The van der Waals surface area contributed by atoms with E-state index in [1.54, 1.807) is 24.3 Å². The normalized spacial score (nSPS) is 10.2. The molecular formula is C14H9Cl3N2OS. The van der Waals surface area contributed by atoms with E-state index in [-0.39, 0.29) is 20.9 Å². The van der Waals surface area contributed by atoms with Crippen molar-refractivity contribution in [3.8, 4) is 0 Å². The predicted molar refractivity (Wildman–Crippen MR) is 91.8 cm³/mol. The molecule has 0 aliphatic carbocycles. The first-order valence-corrected chi connectivity index (χ1v) is 7.28. The third-order valence-electron chi connectivity index (χ3n) is 2.68. The summed E-state index contributed by atoms with van der Waals surface area (Å²) >= 11 is 22.7. The number of nitrogens with two attached hydrogens (primary N) is 1. The molecule has 7 heteroatoms. The molecule has 2 rings (SSSR count). The van der Waals surface area contributed by atoms with Crippen molar-refractivity contribution in [2.75, 3.05) is 5.32 Å². The minimum atomic E-state index is -0.351. The molecule has 0 spiro atoms. The van der Waals surface area contributed by atoms with Crippen molar-refractivity contribution in [2.24, 2.45) is 5.73 Å². The number of nitrogens with one attached hydrogen (secondary N) is 1. The first-order chi connectivity index (χ1) is 9.88. The summed E-state index contributed by atoms with van der Waals surface area (Å²) in [5, 5.41) is 3.57. The van der Waals surface area contributed by atoms with Crippen LogP contribution < -0.4 is 11.1 Å². The Morgan fingerprint density at radius 3 is 1.95 bits per heavy atom. The van der Waals surface area contributed by atoms with Crippen LogP contribution in [0, 0.1) is 0 Å². The zero-order chi connectivity index (χ0) is 15.6. The average molecular weight is 360 g/mol. The van der Waals surface area contributed by atoms with Gasteiger partial charge in [-0.2, -0.15) is 0 Å². The maximum atomic E-state index is 12.2. The number of amides is 1. The van der Waals surface area contributed by atoms with Crippen LogP contribution in [0.15, 0.2) is 36.4 Å². The van der Waals surface area contributed by atoms with Gasteiger partial charge in [0.1, 0.15) is 4.99 Å². The largest absolute Gasteiger partial charge is 0.389 e. The summed E-state index contributed by atoms with van der Waals surface area (Å²) in [6.07, 6.45) is 0. The summed E-state index contributed by atoms with van der Waals surface area (Å²) in [5.74, 6) is -0.351. The van der Waals surface area contributed by atoms with Crippen molar-refractivity contribution >= 4 is 63.6 Å². The minimum Gasteiger partial charge on any atom is -0.389 e. The van der Waals surface area contributed by atoms with Crippen molar-refractivity contribution in [2.45, 2.75) is 0 Å². The first kappa shape index (κ1) is 16.0. The standard InChI is InChI=1S/C14H9Cl3N2OS/c15-9-5-10(16)12(11(17)6-9)19-14(20)8-3-1-7(2-4-8)13(18)21/h1-6H,(H2,18,21)(H,19,20). The van der Waals surface area contributed by atoms with Gasteiger partial charge in [-0.15, -0.1) is 0 Å². The van der Waals surface area contributed by atoms with Gasteiger partial charge in [0.2, 0.25) is 0 Å². The van der Waals surface area contributed by atoms with Crippen molar-refractivity contribution in [1.82, 2.24) is 0 Å². The molecule has 0 atom stereocenters. The van der Waals surface area contributed by atoms with Crippen LogP contribution in [-0.4, -0.2) is 10.9 Å². The molecule has 0 unspecified atom stereocenters. The Morgan fingerprint density at radius 1 is 1.00 bits per heavy atom. The third kappa shape index (κ3) is 3.86. The summed E-state index contributed by atoms with van der Waals surface area (Å²) in [7, 11) is 0. The number of carbonyl (C=O) groups excluding carboxylic acids is 1. The van der Waals surface area contributed by atoms with Crippen LogP contribution in [0.4, 0.5) is 5.69 Å². The van der Waals surface area contributed by atoms with Crippen LogP contribution >= 0.6 is 47.0 Å². The zero-order valence-electron chi connectivity index (χ0n) is 10.5. The molecule has 0 aromatic heterocycles. The Kier molecular flexibility index (Phi) is 5.06. The Balaban J connectivity index is 2.24. The van der Waals surface area contributed by atoms with E-state index in [1.165, 1.54) is 12.1 Å². The first-order valence-electron chi connectivity index (χ1n) is 5.74. The van der Waals surface area contributed by atoms with E-state index in [0.29, 0.717) is 21.8 Å². The van der Waals surface area contributed by atoms with Crippen LogP contribution in [0.1, 0.15) is 15.9 Å². The topological polar surface area (TPSA) is 55.1 Å². The molecule has 3 N–H and O–H groups in total. The van der Waals surface area contributed by atoms with Gasteiger partial charge in [0.15, 0.2) is 0 Å². The van der Waals surface area contributed by atoms with E-state index in [1.807, 2.05) is 0 Å². The fraction of sp³-hybridized carbons (Fsp3) is 0. The van der Waals surface area contributed by atoms with Crippen molar-refractivity contribution in [1.29, 1.82) is 0 Å². The van der Waals surface area contributed by atoms with E-state index >= 15 is 0 Å². The highest BCUT2D eigenvalue weighted by atomic mass is 35.5. The average Bonchev–Trinajstić information content (AvgIpc) is 2.42. The molecule has 2 aromatic rings. The summed E-state index contributed by atoms with van der Waals surface area (Å²) in [5.41, 5.74) is 6.92. The fourth-order valence-corrected chi connectivity index (χ4v) is 2.68. The smallest absolute Gasteiger partial charge is 0.255 e. The van der Waals surface area contributed by atoms with E-state index in [9.17, 15) is 4.79 Å². The lowest BCUT2D eigenvalue weighted by molar-refractivity contribution is 0.102. The van der Waals surface area contributed by atoms with Crippen LogP contribution in [0.5, 0.6) is 0 Å². The Bertz CT molecular complexity index is 694. The molecule has 2 aromatic carbocycles. The number of anilines is 1. The molecule has 0 aliphatic heterocycles. The zero-order valence-corrected chi connectivity index (χ0v) is 13.6. The van der Waals surface area contributed by atoms with Gasteiger partial charge in [-0.3, -0.25) is 4.79 Å². The van der Waals surface area contributed by atoms with Gasteiger partial charge in [-0.1, -0.05) is 59.2 Å². The highest BCUT2D eigenvalue weighted by molar-refractivity contribution is 7.80. The van der Waals surface area contributed by atoms with E-state index in [0.717, 1.165) is 0 Å². The summed E-state index contributed by atoms with van der Waals surface area (Å²) in [4.78, 5) is 12.4. The second-order valence-electron chi connectivity index (χ2n) is 4.14. The number of hydrogen-bond acceptors (Lipinski definition) is 2. The summed E-state index contributed by atoms with van der Waals surface area (Å²) < 4.78 is 0. The molecule has 1 amide bonds. The van der Waals surface area contributed by atoms with Gasteiger partial charge in [0.05, 0.1) is 15.7 Å². The maximum Gasteiger partial charge on any atom is 0.255 e. The second kappa shape index (κ2) is 6.62. The monoisotopic (exact) mass is 358 g/mol. The highest BCUT2D eigenvalue weighted by Gasteiger charge is 2.13. The Hall–Kier alpha value is -1.33. The van der Waals surface area contributed by atoms with Crippen LogP contribution in [0.2, 0.25) is 15.1 Å². The van der Waals surface area contributed by atoms with Crippen molar-refractivity contribution in [3.63, 3.8) is 0 Å². The van der Waals surface area contributed by atoms with Crippen molar-refractivity contribution < 1.29 is 4.79 Å². The molecule has 0 bridgehead atoms. The minimum absolute atomic E-state index is 0.264. The molecule has 108 valence electrons. The molecule has 21 heavy (non-hydrogen) atoms. The van der Waals surface area contributed by atoms with Crippen molar-refractivity contribution in [3.05, 3.63) is 62.6 Å². The number of rotatable bonds is 3. The quantitative estimate of drug-likeness (QED) is 0.791. The number of benzene rings is 2. The van der Waals surface area contributed by atoms with Gasteiger partial charge in [-0.25, -0.2) is 0 Å². The van der Waals surface area contributed by atoms with Crippen LogP contribution in [-0.2, 0) is 0 Å². The van der Waals surface area contributed by atoms with Gasteiger partial charge in [-0.05, 0) is 24.3 Å². The lowest BCUT2D eigenvalue weighted by Gasteiger charge is -2.10. The molecule has 0 saturated carbocycles. The molecular weight excluding hydrogens is 351 g/mol. The highest BCUT2D eigenvalue weighted by Crippen LogP contribution is 2.33. The molecule has 0 radical (unpaired) electrons. The number of carbonyl (C=O) groups is 1. The van der Waals surface area contributed by atoms with Gasteiger partial charge >= 0.3 is 0 Å². The molecule has 0 heterocycles. The van der Waals surface area contributed by atoms with Gasteiger partial charge in [0.25, 0.3) is 5.91 Å². The SMILES string of the molecule is NC(=S)c1ccc(C(=O)Nc2c(Cl)cc(Cl)cc2Cl)cc1. The lowest BCUT2D eigenvalue weighted by atomic mass is 10.1. The molecule has 0 aliphatic rings. The number of hydrogen-bond donors (Lipinski definition) is 2. The molecule has 3 nitrogen and oxygen atoms in total. The van der Waals surface area contributed by atoms with Gasteiger partial charge in [0, 0.05) is 16.1 Å². The van der Waals surface area contributed by atoms with E-state index < -0.39 is 0 Å². The summed E-state index contributed by atoms with van der Waals surface area (Å²) in [6.45, 7) is 0. The second-order valence-corrected chi connectivity index (χ2v) is 5.83. The lowest BCUT2D eigenvalue weighted by Crippen LogP contribution is -2.14. The fourth-order valence-electron chi connectivity index (χ4n) is 1.63. The van der Waals surface area contributed by atoms with Crippen LogP contribution in [0.3, 0.4) is 0 Å². The third-order valence-corrected chi connectivity index (χ3v) is 3.73. The van der Waals surface area contributed by atoms with E-state index in [4.69, 9.17) is 52.8 Å². The Labute approximate surface area is 142 Å². The van der Waals surface area contributed by atoms with Crippen LogP contribution in [0.25, 0.3) is 0 Å².